The van der Waals surface area contributed by atoms with Crippen molar-refractivity contribution in [2.75, 3.05) is 44.9 Å². The normalized spacial score (nSPS) is 10.0. The third-order valence-electron chi connectivity index (χ3n) is 2.68. The monoisotopic (exact) mass is 281 g/mol. The van der Waals surface area contributed by atoms with Gasteiger partial charge in [-0.2, -0.15) is 0 Å². The van der Waals surface area contributed by atoms with Gasteiger partial charge in [0.15, 0.2) is 11.6 Å². The number of nitrogens with zero attached hydrogens (tertiary/aromatic N) is 3. The predicted molar refractivity (Wildman–Crippen MR) is 79.2 cm³/mol. The molecule has 0 atom stereocenters. The maximum atomic E-state index is 11.5. The number of amides is 1. The van der Waals surface area contributed by atoms with Crippen LogP contribution in [0.1, 0.15) is 19.8 Å². The Hall–Kier alpha value is -2.05. The molecular weight excluding hydrogens is 258 g/mol. The fourth-order valence-corrected chi connectivity index (χ4v) is 1.57. The largest absolute Gasteiger partial charge is 0.490 e. The van der Waals surface area contributed by atoms with Gasteiger partial charge in [0.05, 0.1) is 7.11 Å². The van der Waals surface area contributed by atoms with Crippen LogP contribution in [-0.4, -0.2) is 55.1 Å². The number of carbonyl (C=O) groups is 1. The minimum absolute atomic E-state index is 0.0647. The summed E-state index contributed by atoms with van der Waals surface area (Å²) in [6.45, 7) is 3.39. The van der Waals surface area contributed by atoms with Crippen LogP contribution >= 0.6 is 0 Å². The fourth-order valence-electron chi connectivity index (χ4n) is 1.57. The van der Waals surface area contributed by atoms with Crippen molar-refractivity contribution in [2.24, 2.45) is 0 Å². The molecule has 1 rings (SSSR count). The van der Waals surface area contributed by atoms with E-state index >= 15 is 0 Å². The summed E-state index contributed by atoms with van der Waals surface area (Å²) in [6, 6.07) is 0. The molecule has 0 saturated carbocycles. The second kappa shape index (κ2) is 8.19. The van der Waals surface area contributed by atoms with E-state index in [0.29, 0.717) is 30.4 Å². The Morgan fingerprint density at radius 1 is 1.25 bits per heavy atom. The standard InChI is InChI=1S/C13H23N5O2/c1-5-7-14-12-11(20-4)13(17-9-16-12)15-8-6-10(19)18(2)3/h9H,5-8H2,1-4H3,(H2,14,15,16,17). The van der Waals surface area contributed by atoms with Crippen LogP contribution in [0.2, 0.25) is 0 Å². The lowest BCUT2D eigenvalue weighted by Crippen LogP contribution is -2.24. The van der Waals surface area contributed by atoms with Crippen LogP contribution in [0.4, 0.5) is 11.6 Å². The van der Waals surface area contributed by atoms with E-state index in [1.165, 1.54) is 6.33 Å². The molecular formula is C13H23N5O2. The van der Waals surface area contributed by atoms with Gasteiger partial charge in [0.1, 0.15) is 6.33 Å². The number of hydrogen-bond acceptors (Lipinski definition) is 6. The molecule has 7 nitrogen and oxygen atoms in total. The Labute approximate surface area is 119 Å². The minimum atomic E-state index is 0.0647. The minimum Gasteiger partial charge on any atom is -0.490 e. The molecule has 0 spiro atoms. The Kier molecular flexibility index (Phi) is 6.55. The van der Waals surface area contributed by atoms with Crippen molar-refractivity contribution in [1.29, 1.82) is 0 Å². The zero-order valence-corrected chi connectivity index (χ0v) is 12.6. The lowest BCUT2D eigenvalue weighted by molar-refractivity contribution is -0.128. The van der Waals surface area contributed by atoms with E-state index < -0.39 is 0 Å². The molecule has 0 aliphatic heterocycles. The highest BCUT2D eigenvalue weighted by Crippen LogP contribution is 2.28. The zero-order valence-electron chi connectivity index (χ0n) is 12.6. The molecule has 2 N–H and O–H groups in total. The Morgan fingerprint density at radius 3 is 2.35 bits per heavy atom. The van der Waals surface area contributed by atoms with Crippen LogP contribution in [-0.2, 0) is 4.79 Å². The van der Waals surface area contributed by atoms with Gasteiger partial charge in [-0.1, -0.05) is 6.92 Å². The van der Waals surface area contributed by atoms with Gasteiger partial charge in [-0.3, -0.25) is 4.79 Å². The molecule has 0 aliphatic rings. The van der Waals surface area contributed by atoms with Crippen LogP contribution < -0.4 is 15.4 Å². The van der Waals surface area contributed by atoms with Gasteiger partial charge in [0, 0.05) is 33.6 Å². The third-order valence-corrected chi connectivity index (χ3v) is 2.68. The summed E-state index contributed by atoms with van der Waals surface area (Å²) in [5.41, 5.74) is 0. The maximum Gasteiger partial charge on any atom is 0.223 e. The molecule has 0 saturated heterocycles. The number of rotatable bonds is 8. The number of aromatic nitrogens is 2. The molecule has 20 heavy (non-hydrogen) atoms. The molecule has 1 heterocycles. The van der Waals surface area contributed by atoms with Crippen LogP contribution in [0.25, 0.3) is 0 Å². The van der Waals surface area contributed by atoms with Gasteiger partial charge >= 0.3 is 0 Å². The quantitative estimate of drug-likeness (QED) is 0.745. The van der Waals surface area contributed by atoms with Crippen molar-refractivity contribution in [3.63, 3.8) is 0 Å². The molecule has 1 amide bonds. The van der Waals surface area contributed by atoms with E-state index in [1.54, 1.807) is 26.1 Å². The Bertz CT molecular complexity index is 437. The number of hydrogen-bond donors (Lipinski definition) is 2. The molecule has 0 radical (unpaired) electrons. The molecule has 0 aromatic carbocycles. The third kappa shape index (κ3) is 4.56. The molecule has 0 unspecified atom stereocenters. The molecule has 0 bridgehead atoms. The average molecular weight is 281 g/mol. The summed E-state index contributed by atoms with van der Waals surface area (Å²) in [5, 5.41) is 6.28. The second-order valence-corrected chi connectivity index (χ2v) is 4.50. The highest BCUT2D eigenvalue weighted by atomic mass is 16.5. The van der Waals surface area contributed by atoms with E-state index in [1.807, 2.05) is 0 Å². The van der Waals surface area contributed by atoms with Gasteiger partial charge in [-0.15, -0.1) is 0 Å². The van der Waals surface area contributed by atoms with E-state index in [9.17, 15) is 4.79 Å². The van der Waals surface area contributed by atoms with E-state index in [4.69, 9.17) is 4.74 Å². The number of nitrogens with one attached hydrogen (secondary N) is 2. The van der Waals surface area contributed by atoms with Crippen molar-refractivity contribution < 1.29 is 9.53 Å². The number of anilines is 2. The molecule has 1 aromatic rings. The van der Waals surface area contributed by atoms with Crippen molar-refractivity contribution in [3.8, 4) is 5.75 Å². The summed E-state index contributed by atoms with van der Waals surface area (Å²) in [5.74, 6) is 1.88. The lowest BCUT2D eigenvalue weighted by Gasteiger charge is -2.14. The molecule has 112 valence electrons. The van der Waals surface area contributed by atoms with Crippen molar-refractivity contribution in [1.82, 2.24) is 14.9 Å². The van der Waals surface area contributed by atoms with Gasteiger partial charge in [-0.05, 0) is 6.42 Å². The van der Waals surface area contributed by atoms with Crippen LogP contribution in [0.3, 0.4) is 0 Å². The summed E-state index contributed by atoms with van der Waals surface area (Å²) < 4.78 is 5.33. The zero-order chi connectivity index (χ0) is 15.0. The Balaban J connectivity index is 2.67. The van der Waals surface area contributed by atoms with Gasteiger partial charge in [-0.25, -0.2) is 9.97 Å². The van der Waals surface area contributed by atoms with E-state index in [0.717, 1.165) is 13.0 Å². The van der Waals surface area contributed by atoms with Crippen LogP contribution in [0.15, 0.2) is 6.33 Å². The van der Waals surface area contributed by atoms with Crippen molar-refractivity contribution in [2.45, 2.75) is 19.8 Å². The smallest absolute Gasteiger partial charge is 0.223 e. The number of carbonyl (C=O) groups excluding carboxylic acids is 1. The van der Waals surface area contributed by atoms with E-state index in [-0.39, 0.29) is 5.91 Å². The first kappa shape index (κ1) is 16.0. The summed E-state index contributed by atoms with van der Waals surface area (Å²) in [7, 11) is 5.05. The summed E-state index contributed by atoms with van der Waals surface area (Å²) in [6.07, 6.45) is 2.86. The van der Waals surface area contributed by atoms with Crippen molar-refractivity contribution >= 4 is 17.5 Å². The highest BCUT2D eigenvalue weighted by molar-refractivity contribution is 5.76. The summed E-state index contributed by atoms with van der Waals surface area (Å²) >= 11 is 0. The topological polar surface area (TPSA) is 79.4 Å². The maximum absolute atomic E-state index is 11.5. The SMILES string of the molecule is CCCNc1ncnc(NCCC(=O)N(C)C)c1OC. The first-order valence-corrected chi connectivity index (χ1v) is 6.67. The fraction of sp³-hybridized carbons (Fsp3) is 0.615. The van der Waals surface area contributed by atoms with Crippen molar-refractivity contribution in [3.05, 3.63) is 6.33 Å². The predicted octanol–water partition coefficient (Wildman–Crippen LogP) is 1.20. The average Bonchev–Trinajstić information content (AvgIpc) is 2.44. The molecule has 7 heteroatoms. The summed E-state index contributed by atoms with van der Waals surface area (Å²) in [4.78, 5) is 21.4. The van der Waals surface area contributed by atoms with Gasteiger partial charge < -0.3 is 20.3 Å². The molecule has 0 aliphatic carbocycles. The first-order chi connectivity index (χ1) is 9.60. The second-order valence-electron chi connectivity index (χ2n) is 4.50. The highest BCUT2D eigenvalue weighted by Gasteiger charge is 2.12. The van der Waals surface area contributed by atoms with Gasteiger partial charge in [0.25, 0.3) is 0 Å². The molecule has 0 fully saturated rings. The number of ether oxygens (including phenoxy) is 1. The van der Waals surface area contributed by atoms with Gasteiger partial charge in [0.2, 0.25) is 11.7 Å². The lowest BCUT2D eigenvalue weighted by atomic mass is 10.3. The van der Waals surface area contributed by atoms with Crippen LogP contribution in [0, 0.1) is 0 Å². The van der Waals surface area contributed by atoms with E-state index in [2.05, 4.69) is 27.5 Å². The molecule has 1 aromatic heterocycles. The Morgan fingerprint density at radius 2 is 1.85 bits per heavy atom. The first-order valence-electron chi connectivity index (χ1n) is 6.67. The number of methoxy groups -OCH3 is 1. The van der Waals surface area contributed by atoms with Crippen LogP contribution in [0.5, 0.6) is 5.75 Å².